The van der Waals surface area contributed by atoms with Crippen molar-refractivity contribution in [3.8, 4) is 0 Å². The van der Waals surface area contributed by atoms with Crippen LogP contribution in [0.2, 0.25) is 0 Å². The summed E-state index contributed by atoms with van der Waals surface area (Å²) >= 11 is 0. The van der Waals surface area contributed by atoms with Gasteiger partial charge in [0.2, 0.25) is 11.8 Å². The first-order valence-electron chi connectivity index (χ1n) is 8.34. The van der Waals surface area contributed by atoms with Gasteiger partial charge in [0.1, 0.15) is 0 Å². The van der Waals surface area contributed by atoms with Crippen molar-refractivity contribution in [2.45, 2.75) is 38.1 Å². The maximum Gasteiger partial charge on any atom is 0.228 e. The van der Waals surface area contributed by atoms with Gasteiger partial charge in [-0.25, -0.2) is 0 Å². The van der Waals surface area contributed by atoms with Gasteiger partial charge in [0.05, 0.1) is 5.92 Å². The number of aryl methyl sites for hydroxylation is 2. The molecule has 24 heavy (non-hydrogen) atoms. The summed E-state index contributed by atoms with van der Waals surface area (Å²) in [7, 11) is 2.02. The van der Waals surface area contributed by atoms with Gasteiger partial charge in [-0.2, -0.15) is 0 Å². The van der Waals surface area contributed by atoms with E-state index in [2.05, 4.69) is 21.3 Å². The lowest BCUT2D eigenvalue weighted by atomic mass is 9.89. The first-order valence-corrected chi connectivity index (χ1v) is 8.34. The average Bonchev–Trinajstić information content (AvgIpc) is 2.97. The van der Waals surface area contributed by atoms with Crippen LogP contribution in [0.1, 0.15) is 36.9 Å². The van der Waals surface area contributed by atoms with Crippen molar-refractivity contribution in [1.82, 2.24) is 9.88 Å². The number of fused-ring (bicyclic) bond motifs is 1. The molecule has 2 aromatic rings. The molecule has 2 amide bonds. The van der Waals surface area contributed by atoms with Crippen molar-refractivity contribution in [1.29, 1.82) is 0 Å². The fourth-order valence-corrected chi connectivity index (χ4v) is 3.18. The fourth-order valence-electron chi connectivity index (χ4n) is 3.18. The number of nitrogens with zero attached hydrogens (tertiary/aromatic N) is 1. The van der Waals surface area contributed by atoms with E-state index >= 15 is 0 Å². The van der Waals surface area contributed by atoms with Crippen molar-refractivity contribution < 1.29 is 9.59 Å². The Kier molecular flexibility index (Phi) is 4.69. The van der Waals surface area contributed by atoms with E-state index in [0.717, 1.165) is 24.1 Å². The van der Waals surface area contributed by atoms with Crippen molar-refractivity contribution in [2.75, 3.05) is 5.32 Å². The Morgan fingerprint density at radius 3 is 2.88 bits per heavy atom. The number of carbonyl (C=O) groups is 2. The van der Waals surface area contributed by atoms with Crippen LogP contribution in [0.5, 0.6) is 0 Å². The number of carbonyl (C=O) groups excluding carboxylic acids is 2. The summed E-state index contributed by atoms with van der Waals surface area (Å²) in [5, 5.41) is 5.89. The lowest BCUT2D eigenvalue weighted by Crippen LogP contribution is -2.39. The molecule has 2 N–H and O–H groups in total. The van der Waals surface area contributed by atoms with Crippen molar-refractivity contribution in [3.63, 3.8) is 0 Å². The Morgan fingerprint density at radius 2 is 2.12 bits per heavy atom. The maximum absolute atomic E-state index is 12.6. The zero-order valence-corrected chi connectivity index (χ0v) is 14.1. The number of anilines is 1. The van der Waals surface area contributed by atoms with E-state index < -0.39 is 5.92 Å². The van der Waals surface area contributed by atoms with Crippen LogP contribution in [0.25, 0.3) is 0 Å². The van der Waals surface area contributed by atoms with Crippen LogP contribution in [-0.2, 0) is 23.1 Å². The highest BCUT2D eigenvalue weighted by molar-refractivity contribution is 6.01. The van der Waals surface area contributed by atoms with Crippen LogP contribution < -0.4 is 10.6 Å². The molecular formula is C19H23N3O2. The molecular weight excluding hydrogens is 302 g/mol. The minimum atomic E-state index is -0.410. The molecule has 3 rings (SSSR count). The SMILES string of the molecule is C[C@H](CCc1cccn1C)NC(=O)[C@H]1CC(=O)Nc2ccccc21. The van der Waals surface area contributed by atoms with E-state index in [9.17, 15) is 9.59 Å². The van der Waals surface area contributed by atoms with Crippen LogP contribution in [0, 0.1) is 0 Å². The second-order valence-electron chi connectivity index (χ2n) is 6.45. The Balaban J connectivity index is 1.62. The molecule has 0 unspecified atom stereocenters. The van der Waals surface area contributed by atoms with Crippen LogP contribution in [0.3, 0.4) is 0 Å². The minimum Gasteiger partial charge on any atom is -0.354 e. The molecule has 0 fully saturated rings. The van der Waals surface area contributed by atoms with Crippen molar-refractivity contribution in [2.24, 2.45) is 7.05 Å². The normalized spacial score (nSPS) is 17.8. The summed E-state index contributed by atoms with van der Waals surface area (Å²) < 4.78 is 2.09. The predicted octanol–water partition coefficient (Wildman–Crippen LogP) is 2.59. The highest BCUT2D eigenvalue weighted by atomic mass is 16.2. The van der Waals surface area contributed by atoms with Gasteiger partial charge in [0.15, 0.2) is 0 Å². The van der Waals surface area contributed by atoms with Crippen LogP contribution in [0.15, 0.2) is 42.6 Å². The zero-order valence-electron chi connectivity index (χ0n) is 14.1. The molecule has 0 bridgehead atoms. The van der Waals surface area contributed by atoms with E-state index in [-0.39, 0.29) is 24.3 Å². The van der Waals surface area contributed by atoms with Gasteiger partial charge in [0.25, 0.3) is 0 Å². The molecule has 5 nitrogen and oxygen atoms in total. The van der Waals surface area contributed by atoms with E-state index in [4.69, 9.17) is 0 Å². The van der Waals surface area contributed by atoms with E-state index in [0.29, 0.717) is 0 Å². The third-order valence-electron chi connectivity index (χ3n) is 4.59. The number of aromatic nitrogens is 1. The number of hydrogen-bond acceptors (Lipinski definition) is 2. The lowest BCUT2D eigenvalue weighted by molar-refractivity contribution is -0.126. The zero-order chi connectivity index (χ0) is 17.1. The molecule has 0 aliphatic carbocycles. The van der Waals surface area contributed by atoms with Crippen LogP contribution in [-0.4, -0.2) is 22.4 Å². The smallest absolute Gasteiger partial charge is 0.228 e. The number of para-hydroxylation sites is 1. The van der Waals surface area contributed by atoms with E-state index in [1.54, 1.807) is 0 Å². The second kappa shape index (κ2) is 6.91. The number of amides is 2. The summed E-state index contributed by atoms with van der Waals surface area (Å²) in [4.78, 5) is 24.5. The maximum atomic E-state index is 12.6. The fraction of sp³-hybridized carbons (Fsp3) is 0.368. The van der Waals surface area contributed by atoms with Gasteiger partial charge < -0.3 is 15.2 Å². The molecule has 5 heteroatoms. The largest absolute Gasteiger partial charge is 0.354 e. The van der Waals surface area contributed by atoms with Crippen molar-refractivity contribution >= 4 is 17.5 Å². The Morgan fingerprint density at radius 1 is 1.33 bits per heavy atom. The molecule has 1 aliphatic rings. The average molecular weight is 325 g/mol. The Labute approximate surface area is 142 Å². The van der Waals surface area contributed by atoms with Gasteiger partial charge in [-0.05, 0) is 43.5 Å². The van der Waals surface area contributed by atoms with E-state index in [1.807, 2.05) is 50.5 Å². The summed E-state index contributed by atoms with van der Waals surface area (Å²) in [5.74, 6) is -0.588. The topological polar surface area (TPSA) is 63.1 Å². The third kappa shape index (κ3) is 3.50. The first kappa shape index (κ1) is 16.3. The third-order valence-corrected chi connectivity index (χ3v) is 4.59. The highest BCUT2D eigenvalue weighted by Gasteiger charge is 2.30. The Bertz CT molecular complexity index is 751. The van der Waals surface area contributed by atoms with Crippen LogP contribution >= 0.6 is 0 Å². The molecule has 1 aromatic heterocycles. The standard InChI is InChI=1S/C19H23N3O2/c1-13(9-10-14-6-5-11-22(14)2)20-19(24)16-12-18(23)21-17-8-4-3-7-15(16)17/h3-8,11,13,16H,9-10,12H2,1-2H3,(H,20,24)(H,21,23)/t13-,16+/m1/s1. The predicted molar refractivity (Wildman–Crippen MR) is 93.8 cm³/mol. The summed E-state index contributed by atoms with van der Waals surface area (Å²) in [6, 6.07) is 11.7. The highest BCUT2D eigenvalue weighted by Crippen LogP contribution is 2.32. The number of nitrogens with one attached hydrogen (secondary N) is 2. The molecule has 1 aromatic carbocycles. The van der Waals surface area contributed by atoms with E-state index in [1.165, 1.54) is 5.69 Å². The number of hydrogen-bond donors (Lipinski definition) is 2. The lowest BCUT2D eigenvalue weighted by Gasteiger charge is -2.26. The van der Waals surface area contributed by atoms with Gasteiger partial charge in [0, 0.05) is 37.1 Å². The molecule has 2 atom stereocenters. The minimum absolute atomic E-state index is 0.0598. The van der Waals surface area contributed by atoms with Crippen molar-refractivity contribution in [3.05, 3.63) is 53.9 Å². The van der Waals surface area contributed by atoms with Gasteiger partial charge >= 0.3 is 0 Å². The molecule has 2 heterocycles. The number of benzene rings is 1. The van der Waals surface area contributed by atoms with Gasteiger partial charge in [-0.1, -0.05) is 18.2 Å². The first-order chi connectivity index (χ1) is 11.5. The molecule has 0 spiro atoms. The summed E-state index contributed by atoms with van der Waals surface area (Å²) in [5.41, 5.74) is 2.88. The molecule has 1 aliphatic heterocycles. The van der Waals surface area contributed by atoms with Gasteiger partial charge in [-0.3, -0.25) is 9.59 Å². The molecule has 0 saturated heterocycles. The Hall–Kier alpha value is -2.56. The molecule has 0 radical (unpaired) electrons. The second-order valence-corrected chi connectivity index (χ2v) is 6.45. The summed E-state index contributed by atoms with van der Waals surface area (Å²) in [6.45, 7) is 2.01. The van der Waals surface area contributed by atoms with Gasteiger partial charge in [-0.15, -0.1) is 0 Å². The quantitative estimate of drug-likeness (QED) is 0.887. The van der Waals surface area contributed by atoms with Crippen LogP contribution in [0.4, 0.5) is 5.69 Å². The summed E-state index contributed by atoms with van der Waals surface area (Å²) in [6.07, 6.45) is 4.00. The molecule has 126 valence electrons. The monoisotopic (exact) mass is 325 g/mol. The molecule has 0 saturated carbocycles. The number of rotatable bonds is 5.